The molecule has 2 aliphatic rings. The largest absolute Gasteiger partial charge is 0.479 e. The summed E-state index contributed by atoms with van der Waals surface area (Å²) in [6.07, 6.45) is 2.84. The van der Waals surface area contributed by atoms with Crippen LogP contribution in [0.3, 0.4) is 0 Å². The number of carbonyl (C=O) groups excluding carboxylic acids is 6. The first-order valence-corrected chi connectivity index (χ1v) is 24.4. The molecule has 4 aromatic carbocycles. The van der Waals surface area contributed by atoms with Gasteiger partial charge in [-0.25, -0.2) is 19.2 Å². The molecule has 0 aliphatic carbocycles. The number of terminal acetylenes is 1. The SMILES string of the molecule is C#Cc1cc2c(cc1C(=O)OC)N(CCNC(=O)OCc1ccccc1)C(=O)[C@@H](C)O2.COC(=O)c1cc2c(cc1C#C[Si](C)(C)C)O[C@H](C)C(=O)N2CCNC(=O)OCc1ccccc1. The second-order valence-electron chi connectivity index (χ2n) is 15.8. The molecule has 0 saturated heterocycles. The molecule has 0 aromatic heterocycles. The minimum Gasteiger partial charge on any atom is -0.479 e. The van der Waals surface area contributed by atoms with Crippen LogP contribution in [0.15, 0.2) is 84.9 Å². The van der Waals surface area contributed by atoms with Gasteiger partial charge in [0.25, 0.3) is 11.8 Å². The summed E-state index contributed by atoms with van der Waals surface area (Å²) in [6, 6.07) is 24.8. The number of rotatable bonds is 12. The zero-order valence-electron chi connectivity index (χ0n) is 37.9. The molecule has 0 saturated carbocycles. The van der Waals surface area contributed by atoms with Crippen molar-refractivity contribution >= 4 is 55.4 Å². The van der Waals surface area contributed by atoms with E-state index in [9.17, 15) is 28.8 Å². The second-order valence-corrected chi connectivity index (χ2v) is 20.6. The third-order valence-corrected chi connectivity index (χ3v) is 10.7. The molecule has 16 nitrogen and oxygen atoms in total. The van der Waals surface area contributed by atoms with Crippen molar-refractivity contribution in [3.05, 3.63) is 118 Å². The molecule has 66 heavy (non-hydrogen) atoms. The lowest BCUT2D eigenvalue weighted by atomic mass is 10.0. The van der Waals surface area contributed by atoms with Gasteiger partial charge < -0.3 is 48.9 Å². The van der Waals surface area contributed by atoms with Crippen molar-refractivity contribution in [1.82, 2.24) is 10.6 Å². The van der Waals surface area contributed by atoms with E-state index in [0.29, 0.717) is 34.0 Å². The molecule has 0 bridgehead atoms. The van der Waals surface area contributed by atoms with Gasteiger partial charge in [-0.2, -0.15) is 0 Å². The number of anilines is 2. The highest BCUT2D eigenvalue weighted by Gasteiger charge is 2.35. The van der Waals surface area contributed by atoms with Crippen LogP contribution in [0.25, 0.3) is 0 Å². The first-order chi connectivity index (χ1) is 31.5. The second kappa shape index (κ2) is 22.7. The van der Waals surface area contributed by atoms with Crippen molar-refractivity contribution in [2.24, 2.45) is 0 Å². The van der Waals surface area contributed by atoms with Crippen molar-refractivity contribution in [3.8, 4) is 35.3 Å². The van der Waals surface area contributed by atoms with Crippen LogP contribution in [0.4, 0.5) is 21.0 Å². The lowest BCUT2D eigenvalue weighted by molar-refractivity contribution is -0.126. The van der Waals surface area contributed by atoms with E-state index in [-0.39, 0.29) is 62.3 Å². The Bertz CT molecular complexity index is 2540. The maximum absolute atomic E-state index is 12.9. The van der Waals surface area contributed by atoms with Gasteiger partial charge in [0.1, 0.15) is 32.8 Å². The Morgan fingerprint density at radius 2 is 1.08 bits per heavy atom. The van der Waals surface area contributed by atoms with E-state index in [0.717, 1.165) is 11.1 Å². The number of alkyl carbamates (subject to hydrolysis) is 2. The molecular weight excluding hydrogens is 865 g/mol. The third-order valence-electron chi connectivity index (χ3n) is 9.79. The van der Waals surface area contributed by atoms with Gasteiger partial charge in [-0.3, -0.25) is 9.59 Å². The zero-order chi connectivity index (χ0) is 48.0. The fourth-order valence-corrected chi connectivity index (χ4v) is 7.00. The summed E-state index contributed by atoms with van der Waals surface area (Å²) in [5.74, 6) is 4.58. The van der Waals surface area contributed by atoms with Crippen molar-refractivity contribution in [1.29, 1.82) is 0 Å². The number of carbonyl (C=O) groups is 6. The number of nitrogens with zero attached hydrogens (tertiary/aromatic N) is 2. The summed E-state index contributed by atoms with van der Waals surface area (Å²) >= 11 is 0. The highest BCUT2D eigenvalue weighted by atomic mass is 28.3. The maximum atomic E-state index is 12.9. The molecule has 0 unspecified atom stereocenters. The van der Waals surface area contributed by atoms with Gasteiger partial charge in [0, 0.05) is 37.3 Å². The number of benzene rings is 4. The monoisotopic (exact) mass is 916 g/mol. The molecule has 4 amide bonds. The highest BCUT2D eigenvalue weighted by Crippen LogP contribution is 2.38. The van der Waals surface area contributed by atoms with Gasteiger partial charge in [0.2, 0.25) is 0 Å². The van der Waals surface area contributed by atoms with Crippen molar-refractivity contribution in [2.45, 2.75) is 58.9 Å². The average Bonchev–Trinajstić information content (AvgIpc) is 3.31. The van der Waals surface area contributed by atoms with Crippen molar-refractivity contribution in [3.63, 3.8) is 0 Å². The van der Waals surface area contributed by atoms with Gasteiger partial charge in [0.15, 0.2) is 12.2 Å². The Kier molecular flexibility index (Phi) is 17.0. The number of hydrogen-bond acceptors (Lipinski definition) is 12. The summed E-state index contributed by atoms with van der Waals surface area (Å²) in [6.45, 7) is 10.5. The summed E-state index contributed by atoms with van der Waals surface area (Å²) in [5.41, 5.74) is 6.98. The molecule has 4 aromatic rings. The lowest BCUT2D eigenvalue weighted by Gasteiger charge is -2.33. The summed E-state index contributed by atoms with van der Waals surface area (Å²) in [7, 11) is 0.831. The van der Waals surface area contributed by atoms with Gasteiger partial charge in [0.05, 0.1) is 36.7 Å². The Balaban J connectivity index is 0.000000249. The van der Waals surface area contributed by atoms with Crippen LogP contribution in [0.2, 0.25) is 19.6 Å². The molecule has 0 radical (unpaired) electrons. The number of nitrogens with one attached hydrogen (secondary N) is 2. The maximum Gasteiger partial charge on any atom is 0.407 e. The van der Waals surface area contributed by atoms with Gasteiger partial charge in [-0.05, 0) is 49.2 Å². The van der Waals surface area contributed by atoms with Crippen LogP contribution in [0, 0.1) is 23.8 Å². The molecular formula is C49H52N4O12Si. The molecule has 2 aliphatic heterocycles. The predicted octanol–water partition coefficient (Wildman–Crippen LogP) is 6.24. The Morgan fingerprint density at radius 3 is 1.47 bits per heavy atom. The normalized spacial score (nSPS) is 14.7. The Hall–Kier alpha value is -7.76. The molecule has 17 heteroatoms. The summed E-state index contributed by atoms with van der Waals surface area (Å²) < 4.78 is 31.6. The zero-order valence-corrected chi connectivity index (χ0v) is 38.9. The molecule has 0 spiro atoms. The average molecular weight is 917 g/mol. The van der Waals surface area contributed by atoms with Gasteiger partial charge in [-0.15, -0.1) is 12.0 Å². The third kappa shape index (κ3) is 13.1. The van der Waals surface area contributed by atoms with E-state index >= 15 is 0 Å². The quantitative estimate of drug-likeness (QED) is 0.0707. The van der Waals surface area contributed by atoms with Crippen LogP contribution in [0.5, 0.6) is 11.5 Å². The smallest absolute Gasteiger partial charge is 0.407 e. The van der Waals surface area contributed by atoms with E-state index in [4.69, 9.17) is 34.8 Å². The fraction of sp³-hybridized carbons (Fsp3) is 0.306. The topological polar surface area (TPSA) is 188 Å². The van der Waals surface area contributed by atoms with Crippen LogP contribution in [-0.2, 0) is 41.8 Å². The lowest BCUT2D eigenvalue weighted by Crippen LogP contribution is -2.47. The summed E-state index contributed by atoms with van der Waals surface area (Å²) in [5, 5.41) is 5.28. The minimum atomic E-state index is -1.71. The van der Waals surface area contributed by atoms with E-state index in [1.165, 1.54) is 36.2 Å². The number of esters is 2. The number of amides is 4. The Morgan fingerprint density at radius 1 is 0.667 bits per heavy atom. The molecule has 6 rings (SSSR count). The van der Waals surface area contributed by atoms with E-state index in [2.05, 4.69) is 47.7 Å². The first kappa shape index (κ1) is 49.3. The highest BCUT2D eigenvalue weighted by molar-refractivity contribution is 6.83. The standard InChI is InChI=1S/C26H30N2O6Si.C23H22N2O6/c1-18-24(29)28(13-12-27-26(31)33-17-19-9-7-6-8-10-19)22-16-21(25(30)32-2)20(15-23(22)34-18)11-14-35(3,4)5;1-4-17-12-20-19(13-18(17)22(27)29-3)25(21(26)15(2)31-20)11-10-24-23(28)30-14-16-8-6-5-7-9-16/h6-10,15-16,18H,12-13,17H2,1-5H3,(H,27,31);1,5-9,12-13,15H,10-11,14H2,2-3H3,(H,24,28)/t18-;15-/m11/s1. The Labute approximate surface area is 384 Å². The minimum absolute atomic E-state index is 0.135. The number of ether oxygens (including phenoxy) is 6. The fourth-order valence-electron chi connectivity index (χ4n) is 6.49. The van der Waals surface area contributed by atoms with Crippen molar-refractivity contribution in [2.75, 3.05) is 50.2 Å². The van der Waals surface area contributed by atoms with E-state index in [1.54, 1.807) is 26.0 Å². The first-order valence-electron chi connectivity index (χ1n) is 20.9. The van der Waals surface area contributed by atoms with E-state index in [1.807, 2.05) is 60.7 Å². The van der Waals surface area contributed by atoms with Gasteiger partial charge >= 0.3 is 24.1 Å². The predicted molar refractivity (Wildman–Crippen MR) is 248 cm³/mol. The molecule has 2 atom stereocenters. The van der Waals surface area contributed by atoms with Crippen LogP contribution in [-0.4, -0.2) is 96.6 Å². The number of fused-ring (bicyclic) bond motifs is 2. The van der Waals surface area contributed by atoms with Crippen molar-refractivity contribution < 1.29 is 57.2 Å². The van der Waals surface area contributed by atoms with Crippen LogP contribution in [0.1, 0.15) is 56.8 Å². The number of methoxy groups -OCH3 is 2. The van der Waals surface area contributed by atoms with Crippen LogP contribution < -0.4 is 29.9 Å². The van der Waals surface area contributed by atoms with Gasteiger partial charge in [-0.1, -0.05) is 92.1 Å². The summed E-state index contributed by atoms with van der Waals surface area (Å²) in [4.78, 5) is 77.1. The van der Waals surface area contributed by atoms with E-state index < -0.39 is 44.4 Å². The number of hydrogen-bond donors (Lipinski definition) is 2. The molecule has 2 N–H and O–H groups in total. The molecule has 344 valence electrons. The van der Waals surface area contributed by atoms with Crippen LogP contribution >= 0.6 is 0 Å². The molecule has 0 fully saturated rings. The molecule has 2 heterocycles.